The Bertz CT molecular complexity index is 1260. The number of nitrogens with zero attached hydrogens (tertiary/aromatic N) is 3. The van der Waals surface area contributed by atoms with Gasteiger partial charge in [0, 0.05) is 31.8 Å². The molecule has 0 saturated carbocycles. The third kappa shape index (κ3) is 4.13. The van der Waals surface area contributed by atoms with Crippen molar-refractivity contribution in [3.05, 3.63) is 70.5 Å². The summed E-state index contributed by atoms with van der Waals surface area (Å²) < 4.78 is 41.2. The van der Waals surface area contributed by atoms with Crippen LogP contribution in [-0.2, 0) is 19.6 Å². The van der Waals surface area contributed by atoms with Gasteiger partial charge in [-0.3, -0.25) is 9.59 Å². The van der Waals surface area contributed by atoms with Gasteiger partial charge in [0.15, 0.2) is 0 Å². The lowest BCUT2D eigenvalue weighted by Gasteiger charge is -2.36. The van der Waals surface area contributed by atoms with Gasteiger partial charge in [-0.05, 0) is 49.6 Å². The quantitative estimate of drug-likeness (QED) is 0.685. The van der Waals surface area contributed by atoms with Crippen LogP contribution in [-0.4, -0.2) is 62.2 Å². The number of halogens is 1. The van der Waals surface area contributed by atoms with Crippen molar-refractivity contribution in [3.8, 4) is 0 Å². The number of hydrogen-bond acceptors (Lipinski definition) is 5. The van der Waals surface area contributed by atoms with E-state index in [0.717, 1.165) is 11.1 Å². The van der Waals surface area contributed by atoms with Gasteiger partial charge in [-0.1, -0.05) is 30.3 Å². The van der Waals surface area contributed by atoms with E-state index in [1.165, 1.54) is 17.9 Å². The molecule has 0 radical (unpaired) electrons. The molecule has 0 aliphatic carbocycles. The van der Waals surface area contributed by atoms with E-state index in [0.29, 0.717) is 41.7 Å². The molecule has 0 bridgehead atoms. The molecule has 0 unspecified atom stereocenters. The normalized spacial score (nSPS) is 18.3. The lowest BCUT2D eigenvalue weighted by atomic mass is 10.0. The molecule has 174 valence electrons. The van der Waals surface area contributed by atoms with Crippen LogP contribution >= 0.6 is 0 Å². The number of benzene rings is 2. The molecule has 0 N–H and O–H groups in total. The first-order valence-electron chi connectivity index (χ1n) is 10.7. The molecule has 4 rings (SSSR count). The number of amides is 2. The maximum absolute atomic E-state index is 14.1. The van der Waals surface area contributed by atoms with Crippen molar-refractivity contribution in [3.63, 3.8) is 0 Å². The number of carbonyl (C=O) groups excluding carboxylic acids is 2. The molecule has 2 aliphatic heterocycles. The Morgan fingerprint density at radius 2 is 1.64 bits per heavy atom. The SMILES string of the molecule is CC1=C(c2ccc(C)c(C)c2)S(=O)(=O)N(CC(=O)N2CCN(c3ccccc3F)CC2)C1=O. The summed E-state index contributed by atoms with van der Waals surface area (Å²) in [5.74, 6) is -1.46. The van der Waals surface area contributed by atoms with Gasteiger partial charge in [0.1, 0.15) is 17.3 Å². The van der Waals surface area contributed by atoms with Gasteiger partial charge in [0.25, 0.3) is 15.9 Å². The monoisotopic (exact) mass is 471 g/mol. The van der Waals surface area contributed by atoms with Crippen LogP contribution in [0.1, 0.15) is 23.6 Å². The summed E-state index contributed by atoms with van der Waals surface area (Å²) in [5, 5.41) is 0. The van der Waals surface area contributed by atoms with Crippen molar-refractivity contribution >= 4 is 32.4 Å². The summed E-state index contributed by atoms with van der Waals surface area (Å²) in [6, 6.07) is 11.7. The lowest BCUT2D eigenvalue weighted by Crippen LogP contribution is -2.52. The van der Waals surface area contributed by atoms with E-state index in [1.807, 2.05) is 24.8 Å². The highest BCUT2D eigenvalue weighted by molar-refractivity contribution is 7.99. The topological polar surface area (TPSA) is 78.0 Å². The molecule has 2 amide bonds. The Morgan fingerprint density at radius 1 is 0.970 bits per heavy atom. The van der Waals surface area contributed by atoms with Gasteiger partial charge in [0.05, 0.1) is 5.69 Å². The molecule has 0 spiro atoms. The fraction of sp³-hybridized carbons (Fsp3) is 0.333. The van der Waals surface area contributed by atoms with Crippen molar-refractivity contribution in [2.75, 3.05) is 37.6 Å². The molecular formula is C24H26FN3O4S. The van der Waals surface area contributed by atoms with Gasteiger partial charge in [-0.25, -0.2) is 17.1 Å². The van der Waals surface area contributed by atoms with Crippen LogP contribution in [0, 0.1) is 19.7 Å². The Labute approximate surface area is 193 Å². The van der Waals surface area contributed by atoms with E-state index in [2.05, 4.69) is 0 Å². The van der Waals surface area contributed by atoms with Crippen LogP contribution in [0.4, 0.5) is 10.1 Å². The molecule has 0 aromatic heterocycles. The molecule has 2 aromatic carbocycles. The number of piperazine rings is 1. The predicted octanol–water partition coefficient (Wildman–Crippen LogP) is 2.69. The molecule has 1 saturated heterocycles. The maximum atomic E-state index is 14.1. The molecular weight excluding hydrogens is 445 g/mol. The summed E-state index contributed by atoms with van der Waals surface area (Å²) in [5.41, 5.74) is 2.95. The number of rotatable bonds is 4. The second-order valence-electron chi connectivity index (χ2n) is 8.39. The average molecular weight is 472 g/mol. The number of aryl methyl sites for hydroxylation is 2. The second kappa shape index (κ2) is 8.62. The third-order valence-corrected chi connectivity index (χ3v) is 8.24. The van der Waals surface area contributed by atoms with Gasteiger partial charge < -0.3 is 9.80 Å². The minimum absolute atomic E-state index is 0.0484. The minimum Gasteiger partial charge on any atom is -0.366 e. The molecule has 1 fully saturated rings. The third-order valence-electron chi connectivity index (χ3n) is 6.31. The Kier molecular flexibility index (Phi) is 6.00. The van der Waals surface area contributed by atoms with Crippen LogP contribution in [0.25, 0.3) is 4.91 Å². The Hall–Kier alpha value is -3.20. The number of hydrogen-bond donors (Lipinski definition) is 0. The first-order chi connectivity index (χ1) is 15.6. The van der Waals surface area contributed by atoms with E-state index in [4.69, 9.17) is 0 Å². The van der Waals surface area contributed by atoms with E-state index < -0.39 is 28.4 Å². The molecule has 2 aromatic rings. The highest BCUT2D eigenvalue weighted by atomic mass is 32.2. The van der Waals surface area contributed by atoms with Gasteiger partial charge >= 0.3 is 0 Å². The van der Waals surface area contributed by atoms with E-state index >= 15 is 0 Å². The van der Waals surface area contributed by atoms with Crippen molar-refractivity contribution in [2.24, 2.45) is 0 Å². The van der Waals surface area contributed by atoms with E-state index in [9.17, 15) is 22.4 Å². The first-order valence-corrected chi connectivity index (χ1v) is 12.2. The smallest absolute Gasteiger partial charge is 0.268 e. The summed E-state index contributed by atoms with van der Waals surface area (Å²) in [6.07, 6.45) is 0. The predicted molar refractivity (Wildman–Crippen MR) is 124 cm³/mol. The number of sulfonamides is 1. The number of carbonyl (C=O) groups is 2. The van der Waals surface area contributed by atoms with Crippen LogP contribution in [0.15, 0.2) is 48.0 Å². The van der Waals surface area contributed by atoms with E-state index in [-0.39, 0.29) is 16.3 Å². The first kappa shape index (κ1) is 23.0. The van der Waals surface area contributed by atoms with Crippen molar-refractivity contribution < 1.29 is 22.4 Å². The highest BCUT2D eigenvalue weighted by Gasteiger charge is 2.43. The fourth-order valence-electron chi connectivity index (χ4n) is 4.23. The van der Waals surface area contributed by atoms with Crippen LogP contribution in [0.5, 0.6) is 0 Å². The molecule has 7 nitrogen and oxygen atoms in total. The van der Waals surface area contributed by atoms with Crippen molar-refractivity contribution in [1.82, 2.24) is 9.21 Å². The van der Waals surface area contributed by atoms with Crippen molar-refractivity contribution in [2.45, 2.75) is 20.8 Å². The van der Waals surface area contributed by atoms with Gasteiger partial charge in [0.2, 0.25) is 5.91 Å². The molecule has 9 heteroatoms. The zero-order chi connectivity index (χ0) is 23.9. The highest BCUT2D eigenvalue weighted by Crippen LogP contribution is 2.36. The molecule has 2 heterocycles. The number of para-hydroxylation sites is 1. The van der Waals surface area contributed by atoms with Crippen molar-refractivity contribution in [1.29, 1.82) is 0 Å². The van der Waals surface area contributed by atoms with Crippen LogP contribution in [0.3, 0.4) is 0 Å². The molecule has 33 heavy (non-hydrogen) atoms. The molecule has 0 atom stereocenters. The minimum atomic E-state index is -4.15. The van der Waals surface area contributed by atoms with Crippen LogP contribution < -0.4 is 4.90 Å². The average Bonchev–Trinajstić information content (AvgIpc) is 2.95. The lowest BCUT2D eigenvalue weighted by molar-refractivity contribution is -0.135. The Morgan fingerprint density at radius 3 is 2.27 bits per heavy atom. The van der Waals surface area contributed by atoms with E-state index in [1.54, 1.807) is 30.3 Å². The maximum Gasteiger partial charge on any atom is 0.268 e. The summed E-state index contributed by atoms with van der Waals surface area (Å²) in [6.45, 7) is 6.18. The zero-order valence-corrected chi connectivity index (χ0v) is 19.7. The standard InChI is InChI=1S/C24H26FN3O4S/c1-16-8-9-19(14-17(16)2)23-18(3)24(30)28(33(23,31)32)15-22(29)27-12-10-26(11-13-27)21-7-5-4-6-20(21)25/h4-9,14H,10-13,15H2,1-3H3. The zero-order valence-electron chi connectivity index (χ0n) is 18.8. The summed E-state index contributed by atoms with van der Waals surface area (Å²) in [4.78, 5) is 29.0. The fourth-order valence-corrected chi connectivity index (χ4v) is 5.98. The Balaban J connectivity index is 1.47. The van der Waals surface area contributed by atoms with Gasteiger partial charge in [-0.2, -0.15) is 0 Å². The molecule has 2 aliphatic rings. The van der Waals surface area contributed by atoms with Gasteiger partial charge in [-0.15, -0.1) is 0 Å². The summed E-state index contributed by atoms with van der Waals surface area (Å²) in [7, 11) is -4.15. The largest absolute Gasteiger partial charge is 0.366 e. The summed E-state index contributed by atoms with van der Waals surface area (Å²) >= 11 is 0. The second-order valence-corrected chi connectivity index (χ2v) is 10.2. The van der Waals surface area contributed by atoms with Crippen LogP contribution in [0.2, 0.25) is 0 Å². The number of anilines is 1.